The minimum atomic E-state index is -1.16. The molecular weight excluding hydrogens is 256 g/mol. The molecule has 0 spiro atoms. The van der Waals surface area contributed by atoms with Gasteiger partial charge >= 0.3 is 0 Å². The first kappa shape index (κ1) is 15.2. The van der Waals surface area contributed by atoms with Crippen molar-refractivity contribution in [3.8, 4) is 5.75 Å². The highest BCUT2D eigenvalue weighted by Gasteiger charge is 2.30. The molecule has 5 heteroatoms. The largest absolute Gasteiger partial charge is 0.496 e. The Morgan fingerprint density at radius 3 is 2.39 bits per heavy atom. The molecule has 0 aliphatic heterocycles. The molecule has 0 amide bonds. The average molecular weight is 275 g/mol. The molecule has 0 aromatic heterocycles. The Labute approximate surface area is 112 Å². The van der Waals surface area contributed by atoms with Gasteiger partial charge < -0.3 is 19.3 Å². The fraction of sp³-hybridized carbons (Fsp3) is 0.538. The van der Waals surface area contributed by atoms with E-state index in [9.17, 15) is 5.11 Å². The molecule has 1 aromatic rings. The number of methoxy groups -OCH3 is 3. The van der Waals surface area contributed by atoms with Gasteiger partial charge in [0, 0.05) is 31.2 Å². The Kier molecular flexibility index (Phi) is 5.41. The predicted molar refractivity (Wildman–Crippen MR) is 70.0 cm³/mol. The van der Waals surface area contributed by atoms with Crippen LogP contribution in [0.2, 0.25) is 5.02 Å². The van der Waals surface area contributed by atoms with E-state index < -0.39 is 11.9 Å². The normalized spacial score (nSPS) is 14.6. The lowest BCUT2D eigenvalue weighted by Gasteiger charge is -2.29. The molecule has 1 atom stereocenters. The van der Waals surface area contributed by atoms with Crippen molar-refractivity contribution in [1.82, 2.24) is 0 Å². The third-order valence-corrected chi connectivity index (χ3v) is 3.07. The minimum absolute atomic E-state index is 0.275. The van der Waals surface area contributed by atoms with Crippen LogP contribution >= 0.6 is 11.6 Å². The van der Waals surface area contributed by atoms with Gasteiger partial charge in [0.2, 0.25) is 0 Å². The van der Waals surface area contributed by atoms with Crippen molar-refractivity contribution in [2.75, 3.05) is 21.3 Å². The number of hydrogen-bond acceptors (Lipinski definition) is 4. The number of hydrogen-bond donors (Lipinski definition) is 1. The molecule has 1 N–H and O–H groups in total. The van der Waals surface area contributed by atoms with Crippen LogP contribution in [-0.2, 0) is 15.1 Å². The van der Waals surface area contributed by atoms with Gasteiger partial charge in [0.25, 0.3) is 0 Å². The van der Waals surface area contributed by atoms with Crippen LogP contribution in [0, 0.1) is 0 Å². The van der Waals surface area contributed by atoms with Gasteiger partial charge in [0.05, 0.1) is 12.7 Å². The van der Waals surface area contributed by atoms with Crippen molar-refractivity contribution in [2.45, 2.75) is 25.2 Å². The van der Waals surface area contributed by atoms with Gasteiger partial charge in [-0.05, 0) is 25.1 Å². The monoisotopic (exact) mass is 274 g/mol. The molecule has 0 bridgehead atoms. The van der Waals surface area contributed by atoms with Crippen molar-refractivity contribution in [2.24, 2.45) is 0 Å². The minimum Gasteiger partial charge on any atom is -0.496 e. The summed E-state index contributed by atoms with van der Waals surface area (Å²) in [5.74, 6) is 0.579. The molecule has 0 saturated carbocycles. The van der Waals surface area contributed by atoms with Crippen LogP contribution in [0.15, 0.2) is 18.2 Å². The van der Waals surface area contributed by atoms with E-state index in [-0.39, 0.29) is 6.42 Å². The molecule has 0 aliphatic carbocycles. The lowest BCUT2D eigenvalue weighted by molar-refractivity contribution is -0.142. The third kappa shape index (κ3) is 3.59. The summed E-state index contributed by atoms with van der Waals surface area (Å²) in [6, 6.07) is 5.12. The van der Waals surface area contributed by atoms with E-state index in [1.807, 2.05) is 0 Å². The molecule has 1 unspecified atom stereocenters. The van der Waals surface area contributed by atoms with E-state index >= 15 is 0 Å². The van der Waals surface area contributed by atoms with Crippen molar-refractivity contribution < 1.29 is 19.3 Å². The molecule has 0 heterocycles. The van der Waals surface area contributed by atoms with Crippen molar-refractivity contribution >= 4 is 11.6 Å². The Hall–Kier alpha value is -0.810. The maximum absolute atomic E-state index is 10.6. The van der Waals surface area contributed by atoms with Crippen LogP contribution < -0.4 is 4.74 Å². The lowest BCUT2D eigenvalue weighted by atomic mass is 9.91. The van der Waals surface area contributed by atoms with Crippen LogP contribution in [0.3, 0.4) is 0 Å². The molecule has 102 valence electrons. The molecule has 1 rings (SSSR count). The average Bonchev–Trinajstić information content (AvgIpc) is 2.36. The fourth-order valence-corrected chi connectivity index (χ4v) is 1.97. The molecule has 0 aliphatic rings. The van der Waals surface area contributed by atoms with E-state index in [2.05, 4.69) is 0 Å². The summed E-state index contributed by atoms with van der Waals surface area (Å²) in [6.07, 6.45) is -0.222. The van der Waals surface area contributed by atoms with Gasteiger partial charge in [0.15, 0.2) is 6.29 Å². The highest BCUT2D eigenvalue weighted by molar-refractivity contribution is 6.30. The predicted octanol–water partition coefficient (Wildman–Crippen LogP) is 2.57. The zero-order valence-electron chi connectivity index (χ0n) is 11.1. The van der Waals surface area contributed by atoms with Gasteiger partial charge in [-0.1, -0.05) is 11.6 Å². The number of benzene rings is 1. The van der Waals surface area contributed by atoms with Gasteiger partial charge in [-0.15, -0.1) is 0 Å². The van der Waals surface area contributed by atoms with Crippen LogP contribution in [0.25, 0.3) is 0 Å². The summed E-state index contributed by atoms with van der Waals surface area (Å²) in [4.78, 5) is 0. The van der Waals surface area contributed by atoms with Gasteiger partial charge in [0.1, 0.15) is 5.75 Å². The molecule has 18 heavy (non-hydrogen) atoms. The van der Waals surface area contributed by atoms with E-state index in [1.165, 1.54) is 14.2 Å². The van der Waals surface area contributed by atoms with Gasteiger partial charge in [-0.25, -0.2) is 0 Å². The van der Waals surface area contributed by atoms with Crippen LogP contribution in [0.4, 0.5) is 0 Å². The third-order valence-electron chi connectivity index (χ3n) is 2.83. The standard InChI is InChI=1S/C13H19ClO4/c1-13(15,8-12(17-3)18-4)10-7-9(14)5-6-11(10)16-2/h5-7,12,15H,8H2,1-4H3. The Morgan fingerprint density at radius 1 is 1.28 bits per heavy atom. The van der Waals surface area contributed by atoms with E-state index in [4.69, 9.17) is 25.8 Å². The SMILES string of the molecule is COc1ccc(Cl)cc1C(C)(O)CC(OC)OC. The quantitative estimate of drug-likeness (QED) is 0.810. The van der Waals surface area contributed by atoms with Crippen LogP contribution in [0.1, 0.15) is 18.9 Å². The second-order valence-electron chi connectivity index (χ2n) is 4.22. The molecule has 1 aromatic carbocycles. The smallest absolute Gasteiger partial charge is 0.159 e. The molecule has 0 saturated heterocycles. The lowest BCUT2D eigenvalue weighted by Crippen LogP contribution is -2.30. The summed E-state index contributed by atoms with van der Waals surface area (Å²) >= 11 is 5.95. The molecule has 0 fully saturated rings. The number of rotatable bonds is 6. The fourth-order valence-electron chi connectivity index (χ4n) is 1.80. The summed E-state index contributed by atoms with van der Waals surface area (Å²) in [5, 5.41) is 11.1. The second kappa shape index (κ2) is 6.38. The van der Waals surface area contributed by atoms with E-state index in [1.54, 1.807) is 32.2 Å². The molecule has 0 radical (unpaired) electrons. The summed E-state index contributed by atoms with van der Waals surface area (Å²) in [5.41, 5.74) is -0.552. The zero-order valence-corrected chi connectivity index (χ0v) is 11.8. The number of aliphatic hydroxyl groups is 1. The van der Waals surface area contributed by atoms with Gasteiger partial charge in [-0.3, -0.25) is 0 Å². The first-order chi connectivity index (χ1) is 8.44. The van der Waals surface area contributed by atoms with Crippen LogP contribution in [-0.4, -0.2) is 32.7 Å². The van der Waals surface area contributed by atoms with E-state index in [0.717, 1.165) is 0 Å². The second-order valence-corrected chi connectivity index (χ2v) is 4.66. The van der Waals surface area contributed by atoms with E-state index in [0.29, 0.717) is 16.3 Å². The number of halogens is 1. The summed E-state index contributed by atoms with van der Waals surface area (Å²) < 4.78 is 15.4. The van der Waals surface area contributed by atoms with Crippen molar-refractivity contribution in [3.63, 3.8) is 0 Å². The maximum Gasteiger partial charge on any atom is 0.159 e. The highest BCUT2D eigenvalue weighted by atomic mass is 35.5. The van der Waals surface area contributed by atoms with Gasteiger partial charge in [-0.2, -0.15) is 0 Å². The Balaban J connectivity index is 3.06. The first-order valence-electron chi connectivity index (χ1n) is 5.56. The Morgan fingerprint density at radius 2 is 1.89 bits per heavy atom. The zero-order chi connectivity index (χ0) is 13.8. The maximum atomic E-state index is 10.6. The van der Waals surface area contributed by atoms with Crippen molar-refractivity contribution in [1.29, 1.82) is 0 Å². The summed E-state index contributed by atoms with van der Waals surface area (Å²) in [6.45, 7) is 1.67. The molecule has 4 nitrogen and oxygen atoms in total. The first-order valence-corrected chi connectivity index (χ1v) is 5.94. The molecular formula is C13H19ClO4. The van der Waals surface area contributed by atoms with Crippen LogP contribution in [0.5, 0.6) is 5.75 Å². The topological polar surface area (TPSA) is 47.9 Å². The Bertz CT molecular complexity index is 389. The highest BCUT2D eigenvalue weighted by Crippen LogP contribution is 2.35. The number of ether oxygens (including phenoxy) is 3. The summed E-state index contributed by atoms with van der Waals surface area (Å²) in [7, 11) is 4.60. The van der Waals surface area contributed by atoms with Crippen molar-refractivity contribution in [3.05, 3.63) is 28.8 Å².